The molecule has 0 aliphatic carbocycles. The fourth-order valence-electron chi connectivity index (χ4n) is 2.69. The molecule has 0 saturated heterocycles. The molecule has 2 aromatic rings. The lowest BCUT2D eigenvalue weighted by Gasteiger charge is -2.18. The highest BCUT2D eigenvalue weighted by Gasteiger charge is 2.09. The first-order valence-corrected chi connectivity index (χ1v) is 8.09. The van der Waals surface area contributed by atoms with Gasteiger partial charge < -0.3 is 5.32 Å². The van der Waals surface area contributed by atoms with Crippen LogP contribution in [0, 0.1) is 6.92 Å². The van der Waals surface area contributed by atoms with Gasteiger partial charge in [0.1, 0.15) is 0 Å². The van der Waals surface area contributed by atoms with Crippen LogP contribution >= 0.6 is 11.6 Å². The van der Waals surface area contributed by atoms with Crippen molar-refractivity contribution in [2.45, 2.75) is 39.2 Å². The monoisotopic (exact) mass is 301 g/mol. The molecule has 0 amide bonds. The highest BCUT2D eigenvalue weighted by molar-refractivity contribution is 6.30. The largest absolute Gasteiger partial charge is 0.314 e. The minimum Gasteiger partial charge on any atom is -0.314 e. The van der Waals surface area contributed by atoms with Crippen LogP contribution in [0.1, 0.15) is 30.0 Å². The molecule has 2 heteroatoms. The molecule has 0 spiro atoms. The molecule has 0 radical (unpaired) electrons. The maximum Gasteiger partial charge on any atom is 0.0406 e. The predicted octanol–water partition coefficient (Wildman–Crippen LogP) is 4.80. The summed E-state index contributed by atoms with van der Waals surface area (Å²) in [6.45, 7) is 5.37. The van der Waals surface area contributed by atoms with Gasteiger partial charge in [-0.15, -0.1) is 0 Å². The van der Waals surface area contributed by atoms with E-state index in [1.165, 1.54) is 16.7 Å². The maximum atomic E-state index is 5.95. The van der Waals surface area contributed by atoms with Crippen molar-refractivity contribution in [3.05, 3.63) is 70.2 Å². The van der Waals surface area contributed by atoms with Crippen molar-refractivity contribution >= 4 is 11.6 Å². The van der Waals surface area contributed by atoms with Crippen molar-refractivity contribution in [2.24, 2.45) is 0 Å². The Hall–Kier alpha value is -1.31. The SMILES string of the molecule is CCNC(CCc1ccccc1C)Cc1ccc(Cl)cc1. The standard InChI is InChI=1S/C19H24ClN/c1-3-21-19(14-16-8-11-18(20)12-9-16)13-10-17-7-5-4-6-15(17)2/h4-9,11-12,19,21H,3,10,13-14H2,1-2H3. The van der Waals surface area contributed by atoms with E-state index in [2.05, 4.69) is 55.6 Å². The van der Waals surface area contributed by atoms with Crippen molar-refractivity contribution in [3.8, 4) is 0 Å². The fraction of sp³-hybridized carbons (Fsp3) is 0.368. The Labute approximate surface area is 133 Å². The molecule has 0 bridgehead atoms. The lowest BCUT2D eigenvalue weighted by molar-refractivity contribution is 0.491. The predicted molar refractivity (Wildman–Crippen MR) is 92.1 cm³/mol. The van der Waals surface area contributed by atoms with E-state index in [-0.39, 0.29) is 0 Å². The molecule has 1 N–H and O–H groups in total. The van der Waals surface area contributed by atoms with Crippen LogP contribution in [0.15, 0.2) is 48.5 Å². The van der Waals surface area contributed by atoms with Gasteiger partial charge >= 0.3 is 0 Å². The number of likely N-dealkylation sites (N-methyl/N-ethyl adjacent to an activating group) is 1. The average molecular weight is 302 g/mol. The zero-order chi connectivity index (χ0) is 15.1. The molecule has 21 heavy (non-hydrogen) atoms. The van der Waals surface area contributed by atoms with Gasteiger partial charge in [0, 0.05) is 11.1 Å². The van der Waals surface area contributed by atoms with Crippen molar-refractivity contribution in [1.82, 2.24) is 5.32 Å². The summed E-state index contributed by atoms with van der Waals surface area (Å²) in [6.07, 6.45) is 3.33. The number of halogens is 1. The number of benzene rings is 2. The average Bonchev–Trinajstić information content (AvgIpc) is 2.49. The minimum atomic E-state index is 0.510. The fourth-order valence-corrected chi connectivity index (χ4v) is 2.82. The minimum absolute atomic E-state index is 0.510. The summed E-state index contributed by atoms with van der Waals surface area (Å²) in [5.41, 5.74) is 4.19. The van der Waals surface area contributed by atoms with Gasteiger partial charge in [-0.25, -0.2) is 0 Å². The van der Waals surface area contributed by atoms with Crippen molar-refractivity contribution in [2.75, 3.05) is 6.54 Å². The van der Waals surface area contributed by atoms with Gasteiger partial charge in [-0.05, 0) is 61.6 Å². The molecule has 1 nitrogen and oxygen atoms in total. The topological polar surface area (TPSA) is 12.0 Å². The van der Waals surface area contributed by atoms with Gasteiger partial charge in [-0.3, -0.25) is 0 Å². The van der Waals surface area contributed by atoms with E-state index in [0.717, 1.165) is 30.8 Å². The lowest BCUT2D eigenvalue weighted by Crippen LogP contribution is -2.31. The summed E-state index contributed by atoms with van der Waals surface area (Å²) < 4.78 is 0. The van der Waals surface area contributed by atoms with Crippen LogP contribution in [0.3, 0.4) is 0 Å². The Morgan fingerprint density at radius 1 is 1.05 bits per heavy atom. The zero-order valence-electron chi connectivity index (χ0n) is 12.9. The normalized spacial score (nSPS) is 12.3. The van der Waals surface area contributed by atoms with Gasteiger partial charge in [0.15, 0.2) is 0 Å². The van der Waals surface area contributed by atoms with E-state index in [0.29, 0.717) is 6.04 Å². The van der Waals surface area contributed by atoms with Gasteiger partial charge in [0.05, 0.1) is 0 Å². The van der Waals surface area contributed by atoms with Crippen LogP contribution < -0.4 is 5.32 Å². The van der Waals surface area contributed by atoms with Gasteiger partial charge in [0.2, 0.25) is 0 Å². The van der Waals surface area contributed by atoms with E-state index in [1.54, 1.807) is 0 Å². The van der Waals surface area contributed by atoms with Gasteiger partial charge in [-0.2, -0.15) is 0 Å². The Morgan fingerprint density at radius 2 is 1.76 bits per heavy atom. The highest BCUT2D eigenvalue weighted by Crippen LogP contribution is 2.15. The Kier molecular flexibility index (Phi) is 6.28. The number of aryl methyl sites for hydroxylation is 2. The van der Waals surface area contributed by atoms with Gasteiger partial charge in [-0.1, -0.05) is 54.9 Å². The summed E-state index contributed by atoms with van der Waals surface area (Å²) in [6, 6.07) is 17.4. The molecule has 1 unspecified atom stereocenters. The number of hydrogen-bond acceptors (Lipinski definition) is 1. The summed E-state index contributed by atoms with van der Waals surface area (Å²) in [5, 5.41) is 4.41. The second-order valence-corrected chi connectivity index (χ2v) is 5.99. The summed E-state index contributed by atoms with van der Waals surface area (Å²) in [4.78, 5) is 0. The maximum absolute atomic E-state index is 5.95. The zero-order valence-corrected chi connectivity index (χ0v) is 13.7. The second kappa shape index (κ2) is 8.21. The van der Waals surface area contributed by atoms with Gasteiger partial charge in [0.25, 0.3) is 0 Å². The first kappa shape index (κ1) is 16.1. The number of rotatable bonds is 7. The molecular weight excluding hydrogens is 278 g/mol. The van der Waals surface area contributed by atoms with Crippen LogP contribution in [-0.2, 0) is 12.8 Å². The van der Waals surface area contributed by atoms with Crippen LogP contribution in [0.2, 0.25) is 5.02 Å². The molecule has 1 atom stereocenters. The molecule has 0 aliphatic heterocycles. The van der Waals surface area contributed by atoms with E-state index in [4.69, 9.17) is 11.6 Å². The second-order valence-electron chi connectivity index (χ2n) is 5.55. The molecule has 0 fully saturated rings. The molecule has 2 aromatic carbocycles. The Bertz CT molecular complexity index is 548. The third-order valence-corrected chi connectivity index (χ3v) is 4.16. The number of hydrogen-bond donors (Lipinski definition) is 1. The summed E-state index contributed by atoms with van der Waals surface area (Å²) in [5.74, 6) is 0. The first-order valence-electron chi connectivity index (χ1n) is 7.71. The Morgan fingerprint density at radius 3 is 2.43 bits per heavy atom. The smallest absolute Gasteiger partial charge is 0.0406 e. The third-order valence-electron chi connectivity index (χ3n) is 3.91. The van der Waals surface area contributed by atoms with E-state index < -0.39 is 0 Å². The van der Waals surface area contributed by atoms with E-state index in [9.17, 15) is 0 Å². The molecule has 112 valence electrons. The van der Waals surface area contributed by atoms with Crippen molar-refractivity contribution in [3.63, 3.8) is 0 Å². The first-order chi connectivity index (χ1) is 10.2. The third kappa shape index (κ3) is 5.18. The highest BCUT2D eigenvalue weighted by atomic mass is 35.5. The van der Waals surface area contributed by atoms with Crippen molar-refractivity contribution < 1.29 is 0 Å². The summed E-state index contributed by atoms with van der Waals surface area (Å²) in [7, 11) is 0. The lowest BCUT2D eigenvalue weighted by atomic mass is 9.97. The molecule has 0 heterocycles. The molecule has 0 aromatic heterocycles. The van der Waals surface area contributed by atoms with Crippen LogP contribution in [0.4, 0.5) is 0 Å². The summed E-state index contributed by atoms with van der Waals surface area (Å²) >= 11 is 5.95. The van der Waals surface area contributed by atoms with E-state index >= 15 is 0 Å². The van der Waals surface area contributed by atoms with E-state index in [1.807, 2.05) is 12.1 Å². The molecule has 0 aliphatic rings. The van der Waals surface area contributed by atoms with Crippen LogP contribution in [0.5, 0.6) is 0 Å². The molecule has 2 rings (SSSR count). The molecule has 0 saturated carbocycles. The quantitative estimate of drug-likeness (QED) is 0.774. The molecular formula is C19H24ClN. The van der Waals surface area contributed by atoms with Crippen LogP contribution in [-0.4, -0.2) is 12.6 Å². The van der Waals surface area contributed by atoms with Crippen molar-refractivity contribution in [1.29, 1.82) is 0 Å². The number of nitrogens with one attached hydrogen (secondary N) is 1. The van der Waals surface area contributed by atoms with Crippen LogP contribution in [0.25, 0.3) is 0 Å². The Balaban J connectivity index is 1.95.